The lowest BCUT2D eigenvalue weighted by Crippen LogP contribution is -2.38. The minimum absolute atomic E-state index is 0.0206. The summed E-state index contributed by atoms with van der Waals surface area (Å²) in [6, 6.07) is 19.9. The molecule has 4 rings (SSSR count). The van der Waals surface area contributed by atoms with Gasteiger partial charge in [-0.25, -0.2) is 0 Å². The highest BCUT2D eigenvalue weighted by Crippen LogP contribution is 2.48. The molecule has 1 heterocycles. The van der Waals surface area contributed by atoms with Crippen LogP contribution >= 0.6 is 0 Å². The minimum atomic E-state index is -1.32. The van der Waals surface area contributed by atoms with E-state index in [2.05, 4.69) is 94.3 Å². The lowest BCUT2D eigenvalue weighted by atomic mass is 9.82. The molecule has 0 saturated carbocycles. The Balaban J connectivity index is 1.88. The maximum atomic E-state index is 4.76. The second-order valence-corrected chi connectivity index (χ2v) is 13.7. The van der Waals surface area contributed by atoms with Crippen molar-refractivity contribution in [3.8, 4) is 22.4 Å². The molecule has 0 atom stereocenters. The van der Waals surface area contributed by atoms with Crippen LogP contribution in [0.3, 0.4) is 0 Å². The van der Waals surface area contributed by atoms with Gasteiger partial charge in [-0.3, -0.25) is 4.98 Å². The van der Waals surface area contributed by atoms with Gasteiger partial charge in [0.1, 0.15) is 0 Å². The summed E-state index contributed by atoms with van der Waals surface area (Å²) in [7, 11) is -1.32. The third kappa shape index (κ3) is 2.56. The molecule has 0 aliphatic heterocycles. The summed E-state index contributed by atoms with van der Waals surface area (Å²) in [4.78, 5) is 4.76. The summed E-state index contributed by atoms with van der Waals surface area (Å²) in [6.45, 7) is 11.9. The molecule has 0 amide bonds. The van der Waals surface area contributed by atoms with Gasteiger partial charge in [0, 0.05) is 22.7 Å². The molecule has 0 spiro atoms. The first-order chi connectivity index (χ1) is 11.8. The molecular weight excluding hydrogens is 318 g/mol. The number of hydrogen-bond acceptors (Lipinski definition) is 1. The third-order valence-electron chi connectivity index (χ3n) is 5.50. The van der Waals surface area contributed by atoms with Gasteiger partial charge in [0.2, 0.25) is 0 Å². The Labute approximate surface area is 151 Å². The molecule has 2 heteroatoms. The first kappa shape index (κ1) is 16.3. The van der Waals surface area contributed by atoms with Crippen LogP contribution < -0.4 is 5.19 Å². The molecule has 3 aromatic rings. The second kappa shape index (κ2) is 5.40. The molecule has 0 saturated heterocycles. The van der Waals surface area contributed by atoms with E-state index in [0.717, 1.165) is 5.69 Å². The molecule has 0 unspecified atom stereocenters. The zero-order chi connectivity index (χ0) is 17.8. The molecule has 0 bridgehead atoms. The number of fused-ring (bicyclic) bond motifs is 3. The maximum Gasteiger partial charge on any atom is 0.0776 e. The van der Waals surface area contributed by atoms with Crippen molar-refractivity contribution in [2.75, 3.05) is 0 Å². The monoisotopic (exact) mass is 343 g/mol. The van der Waals surface area contributed by atoms with Crippen LogP contribution in [0.5, 0.6) is 0 Å². The number of nitrogens with zero attached hydrogens (tertiary/aromatic N) is 1. The van der Waals surface area contributed by atoms with E-state index >= 15 is 0 Å². The largest absolute Gasteiger partial charge is 0.256 e. The van der Waals surface area contributed by atoms with Gasteiger partial charge >= 0.3 is 0 Å². The second-order valence-electron chi connectivity index (χ2n) is 8.62. The standard InChI is InChI=1S/C23H25NSi/c1-23(2)20-13-17(25(3,4)5)11-12-18(20)19-15-24-22(14-21(19)23)16-9-7-6-8-10-16/h6-15H,1-5H3. The smallest absolute Gasteiger partial charge is 0.0776 e. The Morgan fingerprint density at radius 2 is 1.48 bits per heavy atom. The van der Waals surface area contributed by atoms with Crippen molar-refractivity contribution in [1.29, 1.82) is 0 Å². The Bertz CT molecular complexity index is 950. The fourth-order valence-electron chi connectivity index (χ4n) is 3.86. The van der Waals surface area contributed by atoms with E-state index in [1.165, 1.54) is 33.0 Å². The number of benzene rings is 2. The average molecular weight is 344 g/mol. The first-order valence-electron chi connectivity index (χ1n) is 9.00. The quantitative estimate of drug-likeness (QED) is 0.552. The molecule has 1 aliphatic rings. The topological polar surface area (TPSA) is 12.9 Å². The average Bonchev–Trinajstić information content (AvgIpc) is 2.82. The van der Waals surface area contributed by atoms with E-state index in [0.29, 0.717) is 0 Å². The highest BCUT2D eigenvalue weighted by Gasteiger charge is 2.36. The van der Waals surface area contributed by atoms with E-state index in [9.17, 15) is 0 Å². The fourth-order valence-corrected chi connectivity index (χ4v) is 5.02. The van der Waals surface area contributed by atoms with Gasteiger partial charge in [0.15, 0.2) is 0 Å². The van der Waals surface area contributed by atoms with Crippen LogP contribution in [0.25, 0.3) is 22.4 Å². The zero-order valence-corrected chi connectivity index (χ0v) is 16.7. The van der Waals surface area contributed by atoms with Crippen LogP contribution in [0.4, 0.5) is 0 Å². The number of pyridine rings is 1. The molecule has 0 N–H and O–H groups in total. The lowest BCUT2D eigenvalue weighted by molar-refractivity contribution is 0.660. The van der Waals surface area contributed by atoms with Crippen LogP contribution in [0.2, 0.25) is 19.6 Å². The van der Waals surface area contributed by atoms with Gasteiger partial charge in [-0.2, -0.15) is 0 Å². The molecule has 0 radical (unpaired) electrons. The summed E-state index contributed by atoms with van der Waals surface area (Å²) < 4.78 is 0. The fraction of sp³-hybridized carbons (Fsp3) is 0.261. The molecule has 1 aromatic heterocycles. The summed E-state index contributed by atoms with van der Waals surface area (Å²) >= 11 is 0. The molecule has 25 heavy (non-hydrogen) atoms. The molecular formula is C23H25NSi. The van der Waals surface area contributed by atoms with Gasteiger partial charge < -0.3 is 0 Å². The number of rotatable bonds is 2. The predicted molar refractivity (Wildman–Crippen MR) is 110 cm³/mol. The van der Waals surface area contributed by atoms with E-state index in [1.54, 1.807) is 0 Å². The van der Waals surface area contributed by atoms with E-state index in [4.69, 9.17) is 4.98 Å². The van der Waals surface area contributed by atoms with Gasteiger partial charge in [-0.1, -0.05) is 87.2 Å². The minimum Gasteiger partial charge on any atom is -0.256 e. The maximum absolute atomic E-state index is 4.76. The Morgan fingerprint density at radius 3 is 2.16 bits per heavy atom. The van der Waals surface area contributed by atoms with Crippen LogP contribution in [0.15, 0.2) is 60.8 Å². The van der Waals surface area contributed by atoms with Crippen molar-refractivity contribution in [3.63, 3.8) is 0 Å². The normalized spacial score (nSPS) is 14.9. The third-order valence-corrected chi connectivity index (χ3v) is 7.54. The Morgan fingerprint density at radius 1 is 0.800 bits per heavy atom. The van der Waals surface area contributed by atoms with Crippen molar-refractivity contribution in [2.24, 2.45) is 0 Å². The summed E-state index contributed by atoms with van der Waals surface area (Å²) in [5.74, 6) is 0. The lowest BCUT2D eigenvalue weighted by Gasteiger charge is -2.24. The van der Waals surface area contributed by atoms with Crippen LogP contribution in [-0.2, 0) is 5.41 Å². The van der Waals surface area contributed by atoms with E-state index < -0.39 is 8.07 Å². The molecule has 2 aromatic carbocycles. The van der Waals surface area contributed by atoms with E-state index in [1.807, 2.05) is 0 Å². The first-order valence-corrected chi connectivity index (χ1v) is 12.5. The highest BCUT2D eigenvalue weighted by molar-refractivity contribution is 6.88. The predicted octanol–water partition coefficient (Wildman–Crippen LogP) is 5.60. The highest BCUT2D eigenvalue weighted by atomic mass is 28.3. The zero-order valence-electron chi connectivity index (χ0n) is 15.7. The van der Waals surface area contributed by atoms with Gasteiger partial charge in [-0.05, 0) is 22.8 Å². The molecule has 1 aliphatic carbocycles. The Hall–Kier alpha value is -2.19. The van der Waals surface area contributed by atoms with E-state index in [-0.39, 0.29) is 5.41 Å². The Kier molecular flexibility index (Phi) is 3.52. The van der Waals surface area contributed by atoms with Crippen LogP contribution in [0.1, 0.15) is 25.0 Å². The summed E-state index contributed by atoms with van der Waals surface area (Å²) in [5.41, 5.74) is 7.76. The molecule has 0 fully saturated rings. The van der Waals surface area contributed by atoms with Crippen molar-refractivity contribution >= 4 is 13.3 Å². The SMILES string of the molecule is CC1(C)c2cc([Si](C)(C)C)ccc2-c2cnc(-c3ccccc3)cc21. The van der Waals surface area contributed by atoms with Gasteiger partial charge in [0.25, 0.3) is 0 Å². The van der Waals surface area contributed by atoms with Gasteiger partial charge in [0.05, 0.1) is 13.8 Å². The van der Waals surface area contributed by atoms with Crippen molar-refractivity contribution < 1.29 is 0 Å². The summed E-state index contributed by atoms with van der Waals surface area (Å²) in [5, 5.41) is 1.53. The summed E-state index contributed by atoms with van der Waals surface area (Å²) in [6.07, 6.45) is 2.07. The molecule has 1 nitrogen and oxygen atoms in total. The van der Waals surface area contributed by atoms with Crippen molar-refractivity contribution in [2.45, 2.75) is 38.9 Å². The van der Waals surface area contributed by atoms with Crippen molar-refractivity contribution in [1.82, 2.24) is 4.98 Å². The number of hydrogen-bond donors (Lipinski definition) is 0. The number of aromatic nitrogens is 1. The van der Waals surface area contributed by atoms with Crippen LogP contribution in [0, 0.1) is 0 Å². The molecule has 126 valence electrons. The van der Waals surface area contributed by atoms with Crippen LogP contribution in [-0.4, -0.2) is 13.1 Å². The van der Waals surface area contributed by atoms with Crippen molar-refractivity contribution in [3.05, 3.63) is 71.9 Å². The van der Waals surface area contributed by atoms with Gasteiger partial charge in [-0.15, -0.1) is 0 Å².